The van der Waals surface area contributed by atoms with E-state index in [1.807, 2.05) is 0 Å². The SMILES string of the molecule is CCCCC[C@@H](O)C/C=C/C(=O)OC. The summed E-state index contributed by atoms with van der Waals surface area (Å²) in [6, 6.07) is 0. The second kappa shape index (κ2) is 8.75. The quantitative estimate of drug-likeness (QED) is 0.388. The predicted molar refractivity (Wildman–Crippen MR) is 55.9 cm³/mol. The number of ether oxygens (including phenoxy) is 1. The number of hydrogen-bond donors (Lipinski definition) is 1. The van der Waals surface area contributed by atoms with Gasteiger partial charge < -0.3 is 9.84 Å². The van der Waals surface area contributed by atoms with Crippen LogP contribution in [0.4, 0.5) is 0 Å². The number of carbonyl (C=O) groups excluding carboxylic acids is 1. The molecule has 0 aliphatic heterocycles. The van der Waals surface area contributed by atoms with Crippen LogP contribution in [0.3, 0.4) is 0 Å². The normalized spacial score (nSPS) is 13.1. The lowest BCUT2D eigenvalue weighted by Gasteiger charge is -2.06. The van der Waals surface area contributed by atoms with Crippen LogP contribution in [0.15, 0.2) is 12.2 Å². The first-order valence-electron chi connectivity index (χ1n) is 5.13. The van der Waals surface area contributed by atoms with Crippen LogP contribution in [0.5, 0.6) is 0 Å². The van der Waals surface area contributed by atoms with Crippen molar-refractivity contribution in [1.29, 1.82) is 0 Å². The molecule has 0 spiro atoms. The van der Waals surface area contributed by atoms with E-state index in [1.54, 1.807) is 6.08 Å². The Hall–Kier alpha value is -0.830. The lowest BCUT2D eigenvalue weighted by molar-refractivity contribution is -0.134. The zero-order chi connectivity index (χ0) is 10.8. The van der Waals surface area contributed by atoms with Crippen LogP contribution >= 0.6 is 0 Å². The van der Waals surface area contributed by atoms with Gasteiger partial charge >= 0.3 is 5.97 Å². The molecule has 0 heterocycles. The molecular formula is C11H20O3. The number of carbonyl (C=O) groups is 1. The molecule has 1 atom stereocenters. The van der Waals surface area contributed by atoms with Gasteiger partial charge in [0.05, 0.1) is 13.2 Å². The lowest BCUT2D eigenvalue weighted by Crippen LogP contribution is -2.04. The van der Waals surface area contributed by atoms with Gasteiger partial charge in [0.2, 0.25) is 0 Å². The van der Waals surface area contributed by atoms with Crippen LogP contribution in [-0.2, 0) is 9.53 Å². The monoisotopic (exact) mass is 200 g/mol. The van der Waals surface area contributed by atoms with Crippen LogP contribution in [0.1, 0.15) is 39.0 Å². The topological polar surface area (TPSA) is 46.5 Å². The average Bonchev–Trinajstić information content (AvgIpc) is 2.18. The highest BCUT2D eigenvalue weighted by Crippen LogP contribution is 2.06. The van der Waals surface area contributed by atoms with E-state index in [0.717, 1.165) is 25.7 Å². The van der Waals surface area contributed by atoms with Crippen molar-refractivity contribution in [2.24, 2.45) is 0 Å². The van der Waals surface area contributed by atoms with Crippen molar-refractivity contribution in [3.63, 3.8) is 0 Å². The molecule has 0 saturated carbocycles. The van der Waals surface area contributed by atoms with E-state index < -0.39 is 0 Å². The van der Waals surface area contributed by atoms with Crippen molar-refractivity contribution >= 4 is 5.97 Å². The van der Waals surface area contributed by atoms with Crippen LogP contribution in [-0.4, -0.2) is 24.3 Å². The Morgan fingerprint density at radius 1 is 1.50 bits per heavy atom. The summed E-state index contributed by atoms with van der Waals surface area (Å²) in [5.74, 6) is -0.370. The van der Waals surface area contributed by atoms with Crippen molar-refractivity contribution < 1.29 is 14.6 Å². The summed E-state index contributed by atoms with van der Waals surface area (Å²) in [5, 5.41) is 9.46. The maximum Gasteiger partial charge on any atom is 0.330 e. The second-order valence-corrected chi connectivity index (χ2v) is 3.31. The number of aliphatic hydroxyl groups excluding tert-OH is 1. The van der Waals surface area contributed by atoms with Crippen molar-refractivity contribution in [2.75, 3.05) is 7.11 Å². The minimum Gasteiger partial charge on any atom is -0.466 e. The third-order valence-electron chi connectivity index (χ3n) is 2.00. The molecular weight excluding hydrogens is 180 g/mol. The molecule has 0 saturated heterocycles. The molecule has 0 aliphatic rings. The molecule has 0 rings (SSSR count). The average molecular weight is 200 g/mol. The first-order valence-corrected chi connectivity index (χ1v) is 5.13. The minimum absolute atomic E-state index is 0.331. The van der Waals surface area contributed by atoms with E-state index in [0.29, 0.717) is 6.42 Å². The number of unbranched alkanes of at least 4 members (excludes halogenated alkanes) is 2. The van der Waals surface area contributed by atoms with Crippen LogP contribution in [0.2, 0.25) is 0 Å². The van der Waals surface area contributed by atoms with Crippen molar-refractivity contribution in [2.45, 2.75) is 45.1 Å². The summed E-state index contributed by atoms with van der Waals surface area (Å²) < 4.78 is 4.42. The van der Waals surface area contributed by atoms with Crippen LogP contribution in [0.25, 0.3) is 0 Å². The molecule has 0 aromatic carbocycles. The van der Waals surface area contributed by atoms with Gasteiger partial charge in [-0.3, -0.25) is 0 Å². The zero-order valence-electron chi connectivity index (χ0n) is 9.03. The van der Waals surface area contributed by atoms with Gasteiger partial charge in [0, 0.05) is 6.08 Å². The smallest absolute Gasteiger partial charge is 0.330 e. The standard InChI is InChI=1S/C11H20O3/c1-3-4-5-7-10(12)8-6-9-11(13)14-2/h6,9-10,12H,3-5,7-8H2,1-2H3/b9-6+/t10-/m1/s1. The Morgan fingerprint density at radius 2 is 2.21 bits per heavy atom. The fourth-order valence-electron chi connectivity index (χ4n) is 1.14. The van der Waals surface area contributed by atoms with Gasteiger partial charge in [-0.1, -0.05) is 32.3 Å². The molecule has 1 N–H and O–H groups in total. The lowest BCUT2D eigenvalue weighted by atomic mass is 10.1. The zero-order valence-corrected chi connectivity index (χ0v) is 9.03. The van der Waals surface area contributed by atoms with Gasteiger partial charge in [0.1, 0.15) is 0 Å². The highest BCUT2D eigenvalue weighted by Gasteiger charge is 2.01. The molecule has 82 valence electrons. The minimum atomic E-state index is -0.370. The summed E-state index contributed by atoms with van der Waals surface area (Å²) in [6.45, 7) is 2.13. The first-order chi connectivity index (χ1) is 6.70. The summed E-state index contributed by atoms with van der Waals surface area (Å²) >= 11 is 0. The Balaban J connectivity index is 3.47. The largest absolute Gasteiger partial charge is 0.466 e. The maximum absolute atomic E-state index is 10.7. The van der Waals surface area contributed by atoms with Gasteiger partial charge in [-0.05, 0) is 12.8 Å². The molecule has 0 bridgehead atoms. The summed E-state index contributed by atoms with van der Waals surface area (Å²) in [6.07, 6.45) is 7.36. The van der Waals surface area contributed by atoms with E-state index in [-0.39, 0.29) is 12.1 Å². The Bertz CT molecular complexity index is 175. The molecule has 3 heteroatoms. The molecule has 0 aromatic rings. The van der Waals surface area contributed by atoms with Gasteiger partial charge in [-0.2, -0.15) is 0 Å². The summed E-state index contributed by atoms with van der Waals surface area (Å²) in [7, 11) is 1.34. The van der Waals surface area contributed by atoms with Crippen molar-refractivity contribution in [3.05, 3.63) is 12.2 Å². The van der Waals surface area contributed by atoms with Crippen LogP contribution in [0, 0.1) is 0 Å². The Labute approximate surface area is 85.8 Å². The van der Waals surface area contributed by atoms with Gasteiger partial charge in [0.15, 0.2) is 0 Å². The van der Waals surface area contributed by atoms with Crippen molar-refractivity contribution in [3.8, 4) is 0 Å². The molecule has 0 unspecified atom stereocenters. The van der Waals surface area contributed by atoms with E-state index in [2.05, 4.69) is 11.7 Å². The first kappa shape index (κ1) is 13.2. The number of esters is 1. The number of aliphatic hydroxyl groups is 1. The van der Waals surface area contributed by atoms with E-state index in [4.69, 9.17) is 0 Å². The fourth-order valence-corrected chi connectivity index (χ4v) is 1.14. The second-order valence-electron chi connectivity index (χ2n) is 3.31. The maximum atomic E-state index is 10.7. The van der Waals surface area contributed by atoms with Gasteiger partial charge in [0.25, 0.3) is 0 Å². The molecule has 14 heavy (non-hydrogen) atoms. The molecule has 0 aromatic heterocycles. The highest BCUT2D eigenvalue weighted by atomic mass is 16.5. The van der Waals surface area contributed by atoms with Gasteiger partial charge in [-0.15, -0.1) is 0 Å². The van der Waals surface area contributed by atoms with Crippen molar-refractivity contribution in [1.82, 2.24) is 0 Å². The molecule has 3 nitrogen and oxygen atoms in total. The Kier molecular flexibility index (Phi) is 8.24. The summed E-state index contributed by atoms with van der Waals surface area (Å²) in [4.78, 5) is 10.7. The molecule has 0 radical (unpaired) electrons. The fraction of sp³-hybridized carbons (Fsp3) is 0.727. The van der Waals surface area contributed by atoms with E-state index >= 15 is 0 Å². The number of rotatable bonds is 7. The Morgan fingerprint density at radius 3 is 2.79 bits per heavy atom. The van der Waals surface area contributed by atoms with Crippen LogP contribution < -0.4 is 0 Å². The van der Waals surface area contributed by atoms with E-state index in [1.165, 1.54) is 13.2 Å². The summed E-state index contributed by atoms with van der Waals surface area (Å²) in [5.41, 5.74) is 0. The molecule has 0 aliphatic carbocycles. The predicted octanol–water partition coefficient (Wildman–Crippen LogP) is 2.05. The number of hydrogen-bond acceptors (Lipinski definition) is 3. The van der Waals surface area contributed by atoms with Gasteiger partial charge in [-0.25, -0.2) is 4.79 Å². The van der Waals surface area contributed by atoms with E-state index in [9.17, 15) is 9.90 Å². The molecule has 0 amide bonds. The third-order valence-corrected chi connectivity index (χ3v) is 2.00. The third kappa shape index (κ3) is 7.80. The number of methoxy groups -OCH3 is 1. The highest BCUT2D eigenvalue weighted by molar-refractivity contribution is 5.81. The molecule has 0 fully saturated rings.